The molecule has 0 aliphatic heterocycles. The second-order valence-electron chi connectivity index (χ2n) is 2.18. The van der Waals surface area contributed by atoms with Gasteiger partial charge >= 0.3 is 0 Å². The normalized spacial score (nSPS) is 21.1. The number of nitrogens with zero attached hydrogens (tertiary/aromatic N) is 4. The van der Waals surface area contributed by atoms with E-state index in [0.717, 1.165) is 3.58 Å². The molecule has 0 amide bonds. The van der Waals surface area contributed by atoms with Gasteiger partial charge in [-0.05, 0) is 50.7 Å². The third-order valence-corrected chi connectivity index (χ3v) is 2.86. The minimum atomic E-state index is 0.536. The Morgan fingerprint density at radius 2 is 1.71 bits per heavy atom. The second kappa shape index (κ2) is 5.03. The monoisotopic (exact) mass is 360 g/mol. The molecule has 0 aromatic rings. The average molecular weight is 361 g/mol. The van der Waals surface area contributed by atoms with Crippen LogP contribution in [0.5, 0.6) is 0 Å². The molecule has 0 saturated heterocycles. The second-order valence-corrected chi connectivity index (χ2v) is 4.20. The fraction of sp³-hybridized carbons (Fsp3) is 0. The van der Waals surface area contributed by atoms with Crippen LogP contribution in [-0.2, 0) is 0 Å². The minimum absolute atomic E-state index is 0.536. The molecule has 1 aliphatic rings. The Morgan fingerprint density at radius 3 is 2.29 bits per heavy atom. The number of hydrogen-bond acceptors (Lipinski definition) is 4. The summed E-state index contributed by atoms with van der Waals surface area (Å²) in [4.78, 5) is 7.21. The number of aliphatic imine (C=N–C) groups is 2. The highest BCUT2D eigenvalue weighted by molar-refractivity contribution is 14.1. The zero-order chi connectivity index (χ0) is 10.6. The van der Waals surface area contributed by atoms with Gasteiger partial charge in [0.15, 0.2) is 0 Å². The van der Waals surface area contributed by atoms with Crippen LogP contribution in [-0.4, -0.2) is 11.4 Å². The van der Waals surface area contributed by atoms with Crippen molar-refractivity contribution in [1.29, 1.82) is 10.5 Å². The summed E-state index contributed by atoms with van der Waals surface area (Å²) in [6.07, 6.45) is 6.75. The molecule has 1 aliphatic carbocycles. The Bertz CT molecular complexity index is 415. The topological polar surface area (TPSA) is 72.3 Å². The number of hydrogen-bond donors (Lipinski definition) is 0. The predicted octanol–water partition coefficient (Wildman–Crippen LogP) is 2.44. The van der Waals surface area contributed by atoms with Crippen LogP contribution in [0.1, 0.15) is 0 Å². The molecule has 4 nitrogen and oxygen atoms in total. The lowest BCUT2D eigenvalue weighted by Gasteiger charge is -2.07. The van der Waals surface area contributed by atoms with E-state index < -0.39 is 0 Å². The van der Waals surface area contributed by atoms with Crippen LogP contribution in [0.4, 0.5) is 0 Å². The molecule has 14 heavy (non-hydrogen) atoms. The SMILES string of the molecule is N#CN=C1C=C(I)C(=NC#N)C=C1Br. The Kier molecular flexibility index (Phi) is 3.98. The average Bonchev–Trinajstić information content (AvgIpc) is 2.14. The molecule has 0 aromatic heterocycles. The van der Waals surface area contributed by atoms with E-state index in [9.17, 15) is 0 Å². The largest absolute Gasteiger partial charge is 0.206 e. The van der Waals surface area contributed by atoms with E-state index in [-0.39, 0.29) is 0 Å². The molecule has 0 unspecified atom stereocenters. The van der Waals surface area contributed by atoms with E-state index in [0.29, 0.717) is 15.9 Å². The number of allylic oxidation sites excluding steroid dienone is 4. The van der Waals surface area contributed by atoms with Crippen molar-refractivity contribution in [3.05, 3.63) is 20.2 Å². The summed E-state index contributed by atoms with van der Waals surface area (Å²) < 4.78 is 1.43. The highest BCUT2D eigenvalue weighted by atomic mass is 127. The molecule has 0 heterocycles. The lowest BCUT2D eigenvalue weighted by molar-refractivity contribution is 1.43. The van der Waals surface area contributed by atoms with Crippen molar-refractivity contribution in [2.45, 2.75) is 0 Å². The van der Waals surface area contributed by atoms with Gasteiger partial charge in [0.25, 0.3) is 0 Å². The third kappa shape index (κ3) is 2.50. The maximum atomic E-state index is 8.40. The zero-order valence-corrected chi connectivity index (χ0v) is 10.4. The fourth-order valence-corrected chi connectivity index (χ4v) is 1.80. The molecule has 0 fully saturated rings. The van der Waals surface area contributed by atoms with E-state index in [1.165, 1.54) is 0 Å². The van der Waals surface area contributed by atoms with Gasteiger partial charge in [-0.1, -0.05) is 0 Å². The van der Waals surface area contributed by atoms with Gasteiger partial charge in [-0.3, -0.25) is 0 Å². The lowest BCUT2D eigenvalue weighted by Crippen LogP contribution is -2.07. The van der Waals surface area contributed by atoms with E-state index in [2.05, 4.69) is 25.9 Å². The van der Waals surface area contributed by atoms with Gasteiger partial charge in [0, 0.05) is 8.06 Å². The summed E-state index contributed by atoms with van der Waals surface area (Å²) >= 11 is 5.27. The van der Waals surface area contributed by atoms with Crippen LogP contribution in [0.3, 0.4) is 0 Å². The molecule has 0 N–H and O–H groups in total. The molecule has 0 aromatic carbocycles. The first-order chi connectivity index (χ1) is 6.69. The van der Waals surface area contributed by atoms with Crippen LogP contribution in [0.25, 0.3) is 0 Å². The Morgan fingerprint density at radius 1 is 1.14 bits per heavy atom. The summed E-state index contributed by atoms with van der Waals surface area (Å²) in [5, 5.41) is 16.8. The Labute approximate surface area is 103 Å². The summed E-state index contributed by atoms with van der Waals surface area (Å²) in [6, 6.07) is 0. The van der Waals surface area contributed by atoms with Crippen molar-refractivity contribution < 1.29 is 0 Å². The van der Waals surface area contributed by atoms with E-state index in [1.54, 1.807) is 24.5 Å². The highest BCUT2D eigenvalue weighted by Crippen LogP contribution is 2.22. The molecular weight excluding hydrogens is 359 g/mol. The van der Waals surface area contributed by atoms with Crippen LogP contribution in [0, 0.1) is 22.9 Å². The zero-order valence-electron chi connectivity index (χ0n) is 6.70. The van der Waals surface area contributed by atoms with Gasteiger partial charge in [-0.25, -0.2) is 0 Å². The van der Waals surface area contributed by atoms with Gasteiger partial charge < -0.3 is 0 Å². The van der Waals surface area contributed by atoms with Crippen molar-refractivity contribution >= 4 is 49.9 Å². The standard InChI is InChI=1S/C8H2BrIN4/c9-5-1-8(14-4-12)6(10)2-7(5)13-3-11/h1-2H. The van der Waals surface area contributed by atoms with Gasteiger partial charge in [-0.2, -0.15) is 20.5 Å². The number of rotatable bonds is 0. The molecule has 0 atom stereocenters. The van der Waals surface area contributed by atoms with E-state index in [4.69, 9.17) is 10.5 Å². The fourth-order valence-electron chi connectivity index (χ4n) is 0.805. The first-order valence-corrected chi connectivity index (χ1v) is 5.25. The Balaban J connectivity index is 3.17. The van der Waals surface area contributed by atoms with Gasteiger partial charge in [0.2, 0.25) is 12.4 Å². The molecular formula is C8H2BrIN4. The molecule has 1 rings (SSSR count). The smallest absolute Gasteiger partial charge is 0.173 e. The van der Waals surface area contributed by atoms with Crippen molar-refractivity contribution in [1.82, 2.24) is 0 Å². The minimum Gasteiger partial charge on any atom is -0.173 e. The van der Waals surface area contributed by atoms with Crippen molar-refractivity contribution in [3.63, 3.8) is 0 Å². The number of nitriles is 2. The maximum absolute atomic E-state index is 8.40. The summed E-state index contributed by atoms with van der Waals surface area (Å²) in [6.45, 7) is 0. The predicted molar refractivity (Wildman–Crippen MR) is 65.2 cm³/mol. The van der Waals surface area contributed by atoms with Crippen molar-refractivity contribution in [3.8, 4) is 12.4 Å². The van der Waals surface area contributed by atoms with Gasteiger partial charge in [-0.15, -0.1) is 0 Å². The lowest BCUT2D eigenvalue weighted by atomic mass is 10.1. The van der Waals surface area contributed by atoms with Crippen LogP contribution < -0.4 is 0 Å². The van der Waals surface area contributed by atoms with E-state index >= 15 is 0 Å². The van der Waals surface area contributed by atoms with Crippen LogP contribution in [0.2, 0.25) is 0 Å². The van der Waals surface area contributed by atoms with Crippen molar-refractivity contribution in [2.75, 3.05) is 0 Å². The third-order valence-electron chi connectivity index (χ3n) is 1.36. The quantitative estimate of drug-likeness (QED) is 0.378. The highest BCUT2D eigenvalue weighted by Gasteiger charge is 2.13. The van der Waals surface area contributed by atoms with Crippen LogP contribution >= 0.6 is 38.5 Å². The van der Waals surface area contributed by atoms with Crippen molar-refractivity contribution in [2.24, 2.45) is 9.98 Å². The summed E-state index contributed by atoms with van der Waals surface area (Å²) in [5.74, 6) is 0. The molecule has 0 saturated carbocycles. The number of halogens is 2. The summed E-state index contributed by atoms with van der Waals surface area (Å²) in [5.41, 5.74) is 1.10. The Hall–Kier alpha value is -0.990. The first kappa shape index (κ1) is 11.1. The van der Waals surface area contributed by atoms with Crippen LogP contribution in [0.15, 0.2) is 30.2 Å². The maximum Gasteiger partial charge on any atom is 0.206 e. The first-order valence-electron chi connectivity index (χ1n) is 3.37. The summed E-state index contributed by atoms with van der Waals surface area (Å²) in [7, 11) is 0. The van der Waals surface area contributed by atoms with E-state index in [1.807, 2.05) is 22.6 Å². The molecule has 6 heteroatoms. The molecule has 0 radical (unpaired) electrons. The molecule has 0 bridgehead atoms. The molecule has 68 valence electrons. The van der Waals surface area contributed by atoms with Gasteiger partial charge in [0.05, 0.1) is 11.4 Å². The molecule has 0 spiro atoms. The van der Waals surface area contributed by atoms with Gasteiger partial charge in [0.1, 0.15) is 0 Å².